The SMILES string of the molecule is Nc1cncc(C(=O)N[C@@]2(C(=O)NCc3ncc(Nc4ccc(Cl)cc4C(F)(F)F)cc3F)CCOC2)c1. The Morgan fingerprint density at radius 1 is 1.16 bits per heavy atom. The first-order chi connectivity index (χ1) is 18.0. The fourth-order valence-electron chi connectivity index (χ4n) is 3.78. The van der Waals surface area contributed by atoms with Crippen molar-refractivity contribution in [1.29, 1.82) is 0 Å². The maximum Gasteiger partial charge on any atom is 0.418 e. The number of pyridine rings is 2. The summed E-state index contributed by atoms with van der Waals surface area (Å²) in [5, 5.41) is 7.56. The van der Waals surface area contributed by atoms with E-state index < -0.39 is 34.9 Å². The van der Waals surface area contributed by atoms with Crippen LogP contribution in [-0.4, -0.2) is 40.5 Å². The minimum Gasteiger partial charge on any atom is -0.397 e. The highest BCUT2D eigenvalue weighted by Crippen LogP contribution is 2.37. The van der Waals surface area contributed by atoms with Gasteiger partial charge in [0.05, 0.1) is 53.2 Å². The van der Waals surface area contributed by atoms with Crippen molar-refractivity contribution in [2.75, 3.05) is 24.3 Å². The van der Waals surface area contributed by atoms with Crippen LogP contribution in [0, 0.1) is 5.82 Å². The van der Waals surface area contributed by atoms with Crippen molar-refractivity contribution in [2.24, 2.45) is 0 Å². The van der Waals surface area contributed by atoms with Gasteiger partial charge >= 0.3 is 6.18 Å². The number of carbonyl (C=O) groups is 2. The summed E-state index contributed by atoms with van der Waals surface area (Å²) in [5.41, 5.74) is 3.08. The fourth-order valence-corrected chi connectivity index (χ4v) is 3.96. The quantitative estimate of drug-likeness (QED) is 0.328. The second-order valence-electron chi connectivity index (χ2n) is 8.49. The Balaban J connectivity index is 1.44. The number of hydrogen-bond donors (Lipinski definition) is 4. The molecule has 2 aromatic heterocycles. The maximum atomic E-state index is 14.7. The Hall–Kier alpha value is -3.97. The number of anilines is 3. The first-order valence-electron chi connectivity index (χ1n) is 11.1. The van der Waals surface area contributed by atoms with Crippen molar-refractivity contribution in [3.63, 3.8) is 0 Å². The molecule has 0 spiro atoms. The zero-order valence-corrected chi connectivity index (χ0v) is 20.3. The fraction of sp³-hybridized carbons (Fsp3) is 0.250. The van der Waals surface area contributed by atoms with Gasteiger partial charge in [0.2, 0.25) is 5.91 Å². The molecule has 2 amide bonds. The van der Waals surface area contributed by atoms with E-state index in [2.05, 4.69) is 25.9 Å². The summed E-state index contributed by atoms with van der Waals surface area (Å²) in [6.07, 6.45) is -0.735. The van der Waals surface area contributed by atoms with Crippen molar-refractivity contribution in [3.8, 4) is 0 Å². The van der Waals surface area contributed by atoms with Crippen molar-refractivity contribution >= 4 is 40.5 Å². The van der Waals surface area contributed by atoms with E-state index in [0.29, 0.717) is 0 Å². The van der Waals surface area contributed by atoms with Crippen LogP contribution in [0.25, 0.3) is 0 Å². The van der Waals surface area contributed by atoms with Crippen LogP contribution in [0.3, 0.4) is 0 Å². The molecule has 1 aliphatic heterocycles. The first kappa shape index (κ1) is 27.1. The van der Waals surface area contributed by atoms with Crippen molar-refractivity contribution in [3.05, 3.63) is 76.6 Å². The number of amides is 2. The molecule has 0 aliphatic carbocycles. The highest BCUT2D eigenvalue weighted by atomic mass is 35.5. The Labute approximate surface area is 218 Å². The van der Waals surface area contributed by atoms with Crippen LogP contribution in [0.1, 0.15) is 28.0 Å². The Bertz CT molecular complexity index is 1370. The normalized spacial score (nSPS) is 17.2. The Kier molecular flexibility index (Phi) is 7.69. The standard InChI is InChI=1S/C24H21ClF4N6O3/c25-14-1-2-19(17(6-14)24(27,28)29)34-16-7-18(26)20(32-10-16)11-33-22(37)23(3-4-38-12-23)35-21(36)13-5-15(30)9-31-8-13/h1-2,5-10,34H,3-4,11-12,30H2,(H,33,37)(H,35,36)/t23-/m0/s1. The number of hydrogen-bond acceptors (Lipinski definition) is 7. The number of alkyl halides is 3. The molecule has 38 heavy (non-hydrogen) atoms. The summed E-state index contributed by atoms with van der Waals surface area (Å²) in [6, 6.07) is 5.49. The van der Waals surface area contributed by atoms with Gasteiger partial charge in [0.1, 0.15) is 11.4 Å². The second kappa shape index (κ2) is 10.8. The number of rotatable bonds is 7. The molecule has 5 N–H and O–H groups in total. The van der Waals surface area contributed by atoms with Crippen LogP contribution in [0.5, 0.6) is 0 Å². The zero-order chi connectivity index (χ0) is 27.5. The molecule has 1 aliphatic rings. The van der Waals surface area contributed by atoms with Gasteiger partial charge < -0.3 is 26.4 Å². The van der Waals surface area contributed by atoms with Crippen molar-refractivity contribution < 1.29 is 31.9 Å². The number of carbonyl (C=O) groups excluding carboxylic acids is 2. The van der Waals surface area contributed by atoms with Crippen LogP contribution in [0.4, 0.5) is 34.6 Å². The number of ether oxygens (including phenoxy) is 1. The van der Waals surface area contributed by atoms with Crippen molar-refractivity contribution in [1.82, 2.24) is 20.6 Å². The van der Waals surface area contributed by atoms with Crippen LogP contribution in [0.15, 0.2) is 48.9 Å². The Morgan fingerprint density at radius 2 is 1.95 bits per heavy atom. The minimum atomic E-state index is -4.69. The second-order valence-corrected chi connectivity index (χ2v) is 8.93. The number of nitrogen functional groups attached to an aromatic ring is 1. The molecule has 0 radical (unpaired) electrons. The topological polar surface area (TPSA) is 131 Å². The molecule has 1 atom stereocenters. The molecule has 0 bridgehead atoms. The summed E-state index contributed by atoms with van der Waals surface area (Å²) in [5.74, 6) is -2.09. The predicted molar refractivity (Wildman–Crippen MR) is 130 cm³/mol. The minimum absolute atomic E-state index is 0.0472. The van der Waals surface area contributed by atoms with Gasteiger partial charge in [-0.25, -0.2) is 4.39 Å². The Morgan fingerprint density at radius 3 is 2.61 bits per heavy atom. The molecule has 0 saturated carbocycles. The highest BCUT2D eigenvalue weighted by Gasteiger charge is 2.44. The van der Waals surface area contributed by atoms with Gasteiger partial charge in [-0.05, 0) is 24.3 Å². The van der Waals surface area contributed by atoms with E-state index in [4.69, 9.17) is 22.1 Å². The smallest absolute Gasteiger partial charge is 0.397 e. The third-order valence-electron chi connectivity index (χ3n) is 5.73. The van der Waals surface area contributed by atoms with E-state index in [1.165, 1.54) is 24.5 Å². The molecule has 14 heteroatoms. The van der Waals surface area contributed by atoms with Crippen LogP contribution in [-0.2, 0) is 22.3 Å². The lowest BCUT2D eigenvalue weighted by atomic mass is 9.96. The van der Waals surface area contributed by atoms with E-state index in [1.807, 2.05) is 0 Å². The summed E-state index contributed by atoms with van der Waals surface area (Å²) in [4.78, 5) is 33.5. The molecule has 1 aromatic carbocycles. The lowest BCUT2D eigenvalue weighted by Gasteiger charge is -2.27. The van der Waals surface area contributed by atoms with Gasteiger partial charge in [-0.3, -0.25) is 19.6 Å². The summed E-state index contributed by atoms with van der Waals surface area (Å²) >= 11 is 5.68. The molecule has 9 nitrogen and oxygen atoms in total. The maximum absolute atomic E-state index is 14.7. The van der Waals surface area contributed by atoms with Gasteiger partial charge in [0.25, 0.3) is 5.91 Å². The number of nitrogens with zero attached hydrogens (tertiary/aromatic N) is 2. The van der Waals surface area contributed by atoms with E-state index in [9.17, 15) is 27.2 Å². The number of aromatic nitrogens is 2. The third kappa shape index (κ3) is 6.11. The van der Waals surface area contributed by atoms with Crippen LogP contribution >= 0.6 is 11.6 Å². The van der Waals surface area contributed by atoms with Gasteiger partial charge in [0.15, 0.2) is 0 Å². The molecule has 4 rings (SSSR count). The van der Waals surface area contributed by atoms with Gasteiger partial charge in [0, 0.05) is 36.5 Å². The molecule has 0 unspecified atom stereocenters. The molecule has 1 saturated heterocycles. The molecule has 3 aromatic rings. The molecular weight excluding hydrogens is 532 g/mol. The average Bonchev–Trinajstić information content (AvgIpc) is 3.33. The molecule has 3 heterocycles. The van der Waals surface area contributed by atoms with Gasteiger partial charge in [-0.2, -0.15) is 13.2 Å². The summed E-state index contributed by atoms with van der Waals surface area (Å²) < 4.78 is 60.1. The number of nitrogens with one attached hydrogen (secondary N) is 3. The summed E-state index contributed by atoms with van der Waals surface area (Å²) in [6.45, 7) is -0.251. The lowest BCUT2D eigenvalue weighted by Crippen LogP contribution is -2.59. The molecule has 200 valence electrons. The number of halogens is 5. The van der Waals surface area contributed by atoms with E-state index in [1.54, 1.807) is 0 Å². The van der Waals surface area contributed by atoms with Crippen molar-refractivity contribution in [2.45, 2.75) is 24.7 Å². The van der Waals surface area contributed by atoms with Gasteiger partial charge in [-0.15, -0.1) is 0 Å². The average molecular weight is 553 g/mol. The zero-order valence-electron chi connectivity index (χ0n) is 19.5. The summed E-state index contributed by atoms with van der Waals surface area (Å²) in [7, 11) is 0. The largest absolute Gasteiger partial charge is 0.418 e. The molecular formula is C24H21ClF4N6O3. The van der Waals surface area contributed by atoms with E-state index in [-0.39, 0.29) is 59.5 Å². The number of nitrogens with two attached hydrogens (primary N) is 1. The van der Waals surface area contributed by atoms with E-state index in [0.717, 1.165) is 24.4 Å². The third-order valence-corrected chi connectivity index (χ3v) is 5.97. The predicted octanol–water partition coefficient (Wildman–Crippen LogP) is 3.82. The van der Waals surface area contributed by atoms with Gasteiger partial charge in [-0.1, -0.05) is 11.6 Å². The molecule has 1 fully saturated rings. The van der Waals surface area contributed by atoms with Crippen LogP contribution < -0.4 is 21.7 Å². The van der Waals surface area contributed by atoms with E-state index >= 15 is 0 Å². The monoisotopic (exact) mass is 552 g/mol. The first-order valence-corrected chi connectivity index (χ1v) is 11.5. The number of benzene rings is 1. The van der Waals surface area contributed by atoms with Crippen LogP contribution in [0.2, 0.25) is 5.02 Å². The lowest BCUT2D eigenvalue weighted by molar-refractivity contribution is -0.137. The highest BCUT2D eigenvalue weighted by molar-refractivity contribution is 6.30.